The van der Waals surface area contributed by atoms with Gasteiger partial charge in [0.25, 0.3) is 0 Å². The van der Waals surface area contributed by atoms with Crippen molar-refractivity contribution in [3.8, 4) is 0 Å². The molecule has 4 aromatic rings. The summed E-state index contributed by atoms with van der Waals surface area (Å²) in [4.78, 5) is 7.25. The van der Waals surface area contributed by atoms with Crippen LogP contribution in [0.2, 0.25) is 0 Å². The number of nitrogens with one attached hydrogen (secondary N) is 1. The second kappa shape index (κ2) is 7.83. The van der Waals surface area contributed by atoms with E-state index in [1.807, 2.05) is 42.0 Å². The Morgan fingerprint density at radius 1 is 1.13 bits per heavy atom. The largest absolute Gasteiger partial charge is 0.417 e. The third-order valence-electron chi connectivity index (χ3n) is 5.70. The number of H-pyrrole nitrogens is 1. The summed E-state index contributed by atoms with van der Waals surface area (Å²) >= 11 is 2.97. The highest BCUT2D eigenvalue weighted by molar-refractivity contribution is 7.98. The quantitative estimate of drug-likeness (QED) is 0.312. The molecule has 0 saturated heterocycles. The minimum atomic E-state index is -4.78. The van der Waals surface area contributed by atoms with Crippen molar-refractivity contribution in [2.75, 3.05) is 6.26 Å². The lowest BCUT2D eigenvalue weighted by molar-refractivity contribution is -0.266. The Kier molecular flexibility index (Phi) is 5.60. The van der Waals surface area contributed by atoms with Gasteiger partial charge in [-0.3, -0.25) is 0 Å². The lowest BCUT2D eigenvalue weighted by Crippen LogP contribution is -2.50. The standard InChI is InChI=1S/C23H23F3N2OS2/c1-21(2,17-6-4-5-14-7-8-31-20(14)17)13-22(29,23(24,25)26)11-16-9-15-10-19(30-3)27-12-18(15)28-16/h4-10,12,28-29H,11,13H2,1-3H3. The van der Waals surface area contributed by atoms with Crippen LogP contribution in [0.5, 0.6) is 0 Å². The van der Waals surface area contributed by atoms with Gasteiger partial charge in [-0.05, 0) is 52.6 Å². The van der Waals surface area contributed by atoms with E-state index in [1.54, 1.807) is 26.1 Å². The number of pyridine rings is 1. The first-order chi connectivity index (χ1) is 14.5. The summed E-state index contributed by atoms with van der Waals surface area (Å²) in [5, 5.41) is 15.5. The smallest absolute Gasteiger partial charge is 0.380 e. The van der Waals surface area contributed by atoms with E-state index in [0.717, 1.165) is 26.1 Å². The van der Waals surface area contributed by atoms with E-state index < -0.39 is 30.0 Å². The van der Waals surface area contributed by atoms with Crippen LogP contribution in [-0.4, -0.2) is 33.1 Å². The predicted octanol–water partition coefficient (Wildman–Crippen LogP) is 6.70. The molecule has 1 unspecified atom stereocenters. The van der Waals surface area contributed by atoms with Gasteiger partial charge in [-0.2, -0.15) is 13.2 Å². The lowest BCUT2D eigenvalue weighted by atomic mass is 9.73. The van der Waals surface area contributed by atoms with Gasteiger partial charge in [-0.25, -0.2) is 4.98 Å². The summed E-state index contributed by atoms with van der Waals surface area (Å²) in [5.74, 6) is 0. The van der Waals surface area contributed by atoms with Crippen LogP contribution in [0.1, 0.15) is 31.5 Å². The van der Waals surface area contributed by atoms with E-state index in [2.05, 4.69) is 9.97 Å². The van der Waals surface area contributed by atoms with E-state index in [0.29, 0.717) is 11.2 Å². The number of halogens is 3. The topological polar surface area (TPSA) is 48.9 Å². The first-order valence-corrected chi connectivity index (χ1v) is 11.9. The van der Waals surface area contributed by atoms with Crippen molar-refractivity contribution in [1.29, 1.82) is 0 Å². The zero-order valence-electron chi connectivity index (χ0n) is 17.4. The third kappa shape index (κ3) is 4.21. The van der Waals surface area contributed by atoms with E-state index in [1.165, 1.54) is 23.1 Å². The van der Waals surface area contributed by atoms with Crippen LogP contribution in [-0.2, 0) is 11.8 Å². The number of rotatable bonds is 6. The molecule has 0 aliphatic carbocycles. The molecule has 3 aromatic heterocycles. The van der Waals surface area contributed by atoms with E-state index >= 15 is 0 Å². The third-order valence-corrected chi connectivity index (χ3v) is 7.30. The molecule has 3 heterocycles. The molecule has 8 heteroatoms. The zero-order valence-corrected chi connectivity index (χ0v) is 19.0. The van der Waals surface area contributed by atoms with Crippen LogP contribution in [0.15, 0.2) is 53.0 Å². The number of benzene rings is 1. The molecule has 0 fully saturated rings. The van der Waals surface area contributed by atoms with Crippen molar-refractivity contribution >= 4 is 44.1 Å². The van der Waals surface area contributed by atoms with E-state index in [-0.39, 0.29) is 0 Å². The van der Waals surface area contributed by atoms with Crippen molar-refractivity contribution in [2.24, 2.45) is 0 Å². The van der Waals surface area contributed by atoms with Gasteiger partial charge in [-0.15, -0.1) is 23.1 Å². The Morgan fingerprint density at radius 3 is 2.61 bits per heavy atom. The molecular weight excluding hydrogens is 441 g/mol. The molecule has 2 N–H and O–H groups in total. The fraction of sp³-hybridized carbons (Fsp3) is 0.348. The van der Waals surface area contributed by atoms with Gasteiger partial charge in [-0.1, -0.05) is 32.0 Å². The average Bonchev–Trinajstić information content (AvgIpc) is 3.31. The van der Waals surface area contributed by atoms with Crippen molar-refractivity contribution in [1.82, 2.24) is 9.97 Å². The number of alkyl halides is 3. The number of fused-ring (bicyclic) bond motifs is 2. The van der Waals surface area contributed by atoms with Crippen LogP contribution in [0.3, 0.4) is 0 Å². The minimum Gasteiger partial charge on any atom is -0.380 e. The van der Waals surface area contributed by atoms with E-state index in [4.69, 9.17) is 0 Å². The average molecular weight is 465 g/mol. The van der Waals surface area contributed by atoms with Crippen molar-refractivity contribution < 1.29 is 18.3 Å². The normalized spacial score (nSPS) is 14.9. The molecule has 0 amide bonds. The molecule has 164 valence electrons. The van der Waals surface area contributed by atoms with Gasteiger partial charge in [0.05, 0.1) is 16.7 Å². The molecule has 0 bridgehead atoms. The molecule has 0 spiro atoms. The van der Waals surface area contributed by atoms with Crippen molar-refractivity contribution in [2.45, 2.75) is 48.9 Å². The number of nitrogens with zero attached hydrogens (tertiary/aromatic N) is 1. The van der Waals surface area contributed by atoms with Crippen LogP contribution in [0.25, 0.3) is 21.0 Å². The highest BCUT2D eigenvalue weighted by Gasteiger charge is 2.56. The fourth-order valence-electron chi connectivity index (χ4n) is 4.21. The Balaban J connectivity index is 1.70. The predicted molar refractivity (Wildman–Crippen MR) is 122 cm³/mol. The van der Waals surface area contributed by atoms with Crippen LogP contribution in [0, 0.1) is 0 Å². The van der Waals surface area contributed by atoms with E-state index in [9.17, 15) is 18.3 Å². The first-order valence-electron chi connectivity index (χ1n) is 9.80. The number of hydrogen-bond donors (Lipinski definition) is 2. The summed E-state index contributed by atoms with van der Waals surface area (Å²) in [6, 6.07) is 11.1. The molecule has 0 aliphatic rings. The molecule has 1 aromatic carbocycles. The number of aromatic amines is 1. The fourth-order valence-corrected chi connectivity index (χ4v) is 5.71. The minimum absolute atomic E-state index is 0.333. The number of thioether (sulfide) groups is 1. The summed E-state index contributed by atoms with van der Waals surface area (Å²) in [6.45, 7) is 3.52. The van der Waals surface area contributed by atoms with Gasteiger partial charge in [0, 0.05) is 22.2 Å². The van der Waals surface area contributed by atoms with Gasteiger partial charge in [0.15, 0.2) is 5.60 Å². The molecular formula is C23H23F3N2OS2. The SMILES string of the molecule is CSc1cc2cc(CC(O)(CC(C)(C)c3cccc4ccsc34)C(F)(F)F)[nH]c2cn1. The molecule has 0 saturated carbocycles. The first kappa shape index (κ1) is 22.2. The molecule has 4 rings (SSSR count). The summed E-state index contributed by atoms with van der Waals surface area (Å²) in [5.41, 5.74) is -1.98. The van der Waals surface area contributed by atoms with Gasteiger partial charge in [0.1, 0.15) is 0 Å². The molecule has 0 radical (unpaired) electrons. The lowest BCUT2D eigenvalue weighted by Gasteiger charge is -2.38. The summed E-state index contributed by atoms with van der Waals surface area (Å²) < 4.78 is 43.5. The Bertz CT molecular complexity index is 1230. The Morgan fingerprint density at radius 2 is 1.90 bits per heavy atom. The second-order valence-electron chi connectivity index (χ2n) is 8.52. The maximum atomic E-state index is 14.2. The van der Waals surface area contributed by atoms with Crippen LogP contribution < -0.4 is 0 Å². The Labute approximate surface area is 186 Å². The van der Waals surface area contributed by atoms with Crippen molar-refractivity contribution in [3.63, 3.8) is 0 Å². The summed E-state index contributed by atoms with van der Waals surface area (Å²) in [7, 11) is 0. The number of thiophene rings is 1. The number of hydrogen-bond acceptors (Lipinski definition) is 4. The van der Waals surface area contributed by atoms with Crippen molar-refractivity contribution in [3.05, 3.63) is 59.2 Å². The molecule has 31 heavy (non-hydrogen) atoms. The molecule has 0 aliphatic heterocycles. The Hall–Kier alpha value is -2.03. The number of aromatic nitrogens is 2. The van der Waals surface area contributed by atoms with Gasteiger partial charge in [0.2, 0.25) is 0 Å². The van der Waals surface area contributed by atoms with Gasteiger partial charge < -0.3 is 10.1 Å². The molecule has 3 nitrogen and oxygen atoms in total. The highest BCUT2D eigenvalue weighted by atomic mass is 32.2. The maximum absolute atomic E-state index is 14.2. The van der Waals surface area contributed by atoms with Crippen LogP contribution in [0.4, 0.5) is 13.2 Å². The highest BCUT2D eigenvalue weighted by Crippen LogP contribution is 2.45. The summed E-state index contributed by atoms with van der Waals surface area (Å²) in [6.07, 6.45) is -2.29. The van der Waals surface area contributed by atoms with Gasteiger partial charge >= 0.3 is 6.18 Å². The monoisotopic (exact) mass is 464 g/mol. The maximum Gasteiger partial charge on any atom is 0.417 e. The number of aliphatic hydroxyl groups is 1. The zero-order chi connectivity index (χ0) is 22.4. The second-order valence-corrected chi connectivity index (χ2v) is 10.3. The van der Waals surface area contributed by atoms with Crippen LogP contribution >= 0.6 is 23.1 Å². The molecule has 1 atom stereocenters.